The number of nitrogens with two attached hydrogens (primary N) is 1. The van der Waals surface area contributed by atoms with Crippen molar-refractivity contribution in [2.45, 2.75) is 32.9 Å². The molecule has 0 aliphatic heterocycles. The minimum atomic E-state index is -0.0987. The van der Waals surface area contributed by atoms with Gasteiger partial charge in [0.2, 0.25) is 0 Å². The number of hydrogen-bond acceptors (Lipinski definition) is 3. The van der Waals surface area contributed by atoms with Crippen LogP contribution in [0.25, 0.3) is 0 Å². The average molecular weight is 314 g/mol. The van der Waals surface area contributed by atoms with Crippen LogP contribution in [-0.4, -0.2) is 9.78 Å². The van der Waals surface area contributed by atoms with Gasteiger partial charge in [0.05, 0.1) is 22.4 Å². The van der Waals surface area contributed by atoms with E-state index in [9.17, 15) is 0 Å². The van der Waals surface area contributed by atoms with Gasteiger partial charge in [-0.05, 0) is 46.3 Å². The fourth-order valence-electron chi connectivity index (χ4n) is 1.90. The van der Waals surface area contributed by atoms with Crippen LogP contribution in [0.5, 0.6) is 0 Å². The minimum absolute atomic E-state index is 0.0987. The molecule has 2 heterocycles. The van der Waals surface area contributed by atoms with Crippen LogP contribution in [0, 0.1) is 6.92 Å². The van der Waals surface area contributed by atoms with Crippen molar-refractivity contribution in [3.05, 3.63) is 38.3 Å². The lowest BCUT2D eigenvalue weighted by atomic mass is 10.1. The molecule has 2 N–H and O–H groups in total. The van der Waals surface area contributed by atoms with Crippen LogP contribution in [0.3, 0.4) is 0 Å². The summed E-state index contributed by atoms with van der Waals surface area (Å²) < 4.78 is 2.99. The Kier molecular flexibility index (Phi) is 4.01. The SMILES string of the molecule is CCCn1ncc(Br)c1C(N)c1sccc1C. The van der Waals surface area contributed by atoms with E-state index >= 15 is 0 Å². The summed E-state index contributed by atoms with van der Waals surface area (Å²) in [4.78, 5) is 1.21. The quantitative estimate of drug-likeness (QED) is 0.939. The molecule has 0 spiro atoms. The van der Waals surface area contributed by atoms with Gasteiger partial charge in [-0.15, -0.1) is 11.3 Å². The molecule has 2 aromatic heterocycles. The van der Waals surface area contributed by atoms with Gasteiger partial charge in [0.25, 0.3) is 0 Å². The number of halogens is 1. The van der Waals surface area contributed by atoms with Crippen molar-refractivity contribution in [2.75, 3.05) is 0 Å². The molecule has 1 atom stereocenters. The first-order valence-corrected chi connectivity index (χ1v) is 7.33. The smallest absolute Gasteiger partial charge is 0.0831 e. The Morgan fingerprint density at radius 1 is 1.59 bits per heavy atom. The Bertz CT molecular complexity index is 504. The second-order valence-electron chi connectivity index (χ2n) is 4.05. The second-order valence-corrected chi connectivity index (χ2v) is 5.85. The number of rotatable bonds is 4. The highest BCUT2D eigenvalue weighted by atomic mass is 79.9. The van der Waals surface area contributed by atoms with Crippen LogP contribution in [0.15, 0.2) is 22.1 Å². The average Bonchev–Trinajstić information content (AvgIpc) is 2.86. The highest BCUT2D eigenvalue weighted by Crippen LogP contribution is 2.31. The minimum Gasteiger partial charge on any atom is -0.318 e. The molecule has 0 bridgehead atoms. The van der Waals surface area contributed by atoms with Gasteiger partial charge in [-0.25, -0.2) is 0 Å². The molecule has 17 heavy (non-hydrogen) atoms. The maximum atomic E-state index is 6.36. The molecule has 0 aromatic carbocycles. The fraction of sp³-hybridized carbons (Fsp3) is 0.417. The van der Waals surface area contributed by atoms with Crippen molar-refractivity contribution in [1.82, 2.24) is 9.78 Å². The first kappa shape index (κ1) is 12.8. The molecule has 2 aromatic rings. The Hall–Kier alpha value is -0.650. The normalized spacial score (nSPS) is 12.9. The van der Waals surface area contributed by atoms with E-state index in [2.05, 4.69) is 46.3 Å². The van der Waals surface area contributed by atoms with Crippen LogP contribution in [0.1, 0.15) is 35.5 Å². The molecule has 0 aliphatic rings. The van der Waals surface area contributed by atoms with E-state index in [1.807, 2.05) is 10.9 Å². The lowest BCUT2D eigenvalue weighted by molar-refractivity contribution is 0.560. The molecule has 0 fully saturated rings. The topological polar surface area (TPSA) is 43.8 Å². The van der Waals surface area contributed by atoms with Crippen molar-refractivity contribution >= 4 is 27.3 Å². The maximum absolute atomic E-state index is 6.36. The third-order valence-corrected chi connectivity index (χ3v) is 4.46. The lowest BCUT2D eigenvalue weighted by Gasteiger charge is -2.14. The Morgan fingerprint density at radius 2 is 2.35 bits per heavy atom. The van der Waals surface area contributed by atoms with Gasteiger partial charge in [0, 0.05) is 11.4 Å². The van der Waals surface area contributed by atoms with Crippen molar-refractivity contribution < 1.29 is 0 Å². The van der Waals surface area contributed by atoms with Gasteiger partial charge in [0.15, 0.2) is 0 Å². The Morgan fingerprint density at radius 3 is 2.94 bits per heavy atom. The van der Waals surface area contributed by atoms with Gasteiger partial charge >= 0.3 is 0 Å². The molecule has 2 rings (SSSR count). The van der Waals surface area contributed by atoms with E-state index < -0.39 is 0 Å². The van der Waals surface area contributed by atoms with Crippen LogP contribution in [-0.2, 0) is 6.54 Å². The summed E-state index contributed by atoms with van der Waals surface area (Å²) in [6.45, 7) is 5.14. The van der Waals surface area contributed by atoms with Gasteiger partial charge in [-0.3, -0.25) is 4.68 Å². The van der Waals surface area contributed by atoms with Crippen LogP contribution in [0.2, 0.25) is 0 Å². The molecule has 0 amide bonds. The van der Waals surface area contributed by atoms with E-state index in [1.165, 1.54) is 10.4 Å². The second kappa shape index (κ2) is 5.33. The predicted molar refractivity (Wildman–Crippen MR) is 75.3 cm³/mol. The zero-order valence-corrected chi connectivity index (χ0v) is 12.4. The molecule has 0 saturated heterocycles. The van der Waals surface area contributed by atoms with Crippen molar-refractivity contribution in [2.24, 2.45) is 5.73 Å². The fourth-order valence-corrected chi connectivity index (χ4v) is 3.37. The lowest BCUT2D eigenvalue weighted by Crippen LogP contribution is -2.17. The highest BCUT2D eigenvalue weighted by molar-refractivity contribution is 9.10. The van der Waals surface area contributed by atoms with Crippen LogP contribution >= 0.6 is 27.3 Å². The summed E-state index contributed by atoms with van der Waals surface area (Å²) >= 11 is 5.24. The van der Waals surface area contributed by atoms with E-state index in [0.717, 1.165) is 23.1 Å². The number of aryl methyl sites for hydroxylation is 2. The summed E-state index contributed by atoms with van der Waals surface area (Å²) in [7, 11) is 0. The maximum Gasteiger partial charge on any atom is 0.0831 e. The molecule has 5 heteroatoms. The summed E-state index contributed by atoms with van der Waals surface area (Å²) in [5.74, 6) is 0. The van der Waals surface area contributed by atoms with Gasteiger partial charge in [0.1, 0.15) is 0 Å². The zero-order chi connectivity index (χ0) is 12.4. The third-order valence-electron chi connectivity index (χ3n) is 2.75. The number of hydrogen-bond donors (Lipinski definition) is 1. The molecular formula is C12H16BrN3S. The highest BCUT2D eigenvalue weighted by Gasteiger charge is 2.20. The first-order valence-electron chi connectivity index (χ1n) is 5.66. The molecular weight excluding hydrogens is 298 g/mol. The summed E-state index contributed by atoms with van der Waals surface area (Å²) in [6, 6.07) is 2.01. The first-order chi connectivity index (χ1) is 8.15. The number of nitrogens with zero attached hydrogens (tertiary/aromatic N) is 2. The van der Waals surface area contributed by atoms with Gasteiger partial charge in [-0.2, -0.15) is 5.10 Å². The number of aromatic nitrogens is 2. The number of thiophene rings is 1. The van der Waals surface area contributed by atoms with Gasteiger partial charge in [-0.1, -0.05) is 6.92 Å². The van der Waals surface area contributed by atoms with Crippen LogP contribution in [0.4, 0.5) is 0 Å². The zero-order valence-electron chi connectivity index (χ0n) is 9.98. The van der Waals surface area contributed by atoms with E-state index in [1.54, 1.807) is 11.3 Å². The summed E-state index contributed by atoms with van der Waals surface area (Å²) in [6.07, 6.45) is 2.88. The predicted octanol–water partition coefficient (Wildman–Crippen LogP) is 3.47. The summed E-state index contributed by atoms with van der Waals surface area (Å²) in [5.41, 5.74) is 8.67. The molecule has 92 valence electrons. The largest absolute Gasteiger partial charge is 0.318 e. The molecule has 3 nitrogen and oxygen atoms in total. The van der Waals surface area contributed by atoms with Crippen molar-refractivity contribution in [3.8, 4) is 0 Å². The molecule has 0 saturated carbocycles. The van der Waals surface area contributed by atoms with Crippen molar-refractivity contribution in [1.29, 1.82) is 0 Å². The standard InChI is InChI=1S/C12H16BrN3S/c1-3-5-16-11(9(13)7-15-16)10(14)12-8(2)4-6-17-12/h4,6-7,10H,3,5,14H2,1-2H3. The Balaban J connectivity index is 2.39. The van der Waals surface area contributed by atoms with Crippen LogP contribution < -0.4 is 5.73 Å². The van der Waals surface area contributed by atoms with E-state index in [4.69, 9.17) is 5.73 Å². The summed E-state index contributed by atoms with van der Waals surface area (Å²) in [5, 5.41) is 6.44. The third kappa shape index (κ3) is 2.46. The monoisotopic (exact) mass is 313 g/mol. The molecule has 1 unspecified atom stereocenters. The molecule has 0 radical (unpaired) electrons. The van der Waals surface area contributed by atoms with E-state index in [-0.39, 0.29) is 6.04 Å². The van der Waals surface area contributed by atoms with Crippen molar-refractivity contribution in [3.63, 3.8) is 0 Å². The Labute approximate surface area is 114 Å². The van der Waals surface area contributed by atoms with Gasteiger partial charge < -0.3 is 5.73 Å². The molecule has 0 aliphatic carbocycles. The van der Waals surface area contributed by atoms with E-state index in [0.29, 0.717) is 0 Å².